The molecule has 0 bridgehead atoms. The molecule has 0 heterocycles. The van der Waals surface area contributed by atoms with E-state index >= 15 is 0 Å². The van der Waals surface area contributed by atoms with Crippen LogP contribution in [-0.4, -0.2) is 31.4 Å². The molecule has 0 aliphatic carbocycles. The molecule has 1 unspecified atom stereocenters. The largest absolute Gasteiger partial charge is 0.371 e. The second-order valence-electron chi connectivity index (χ2n) is 4.21. The van der Waals surface area contributed by atoms with Crippen molar-refractivity contribution in [3.8, 4) is 6.07 Å². The summed E-state index contributed by atoms with van der Waals surface area (Å²) in [5.41, 5.74) is 1.83. The molecule has 0 saturated carbocycles. The van der Waals surface area contributed by atoms with Gasteiger partial charge in [0.05, 0.1) is 11.3 Å². The van der Waals surface area contributed by atoms with Crippen molar-refractivity contribution in [3.63, 3.8) is 0 Å². The summed E-state index contributed by atoms with van der Waals surface area (Å²) in [6, 6.07) is 8.86. The molecular formula is C14H20N2S2. The van der Waals surface area contributed by atoms with E-state index < -0.39 is 0 Å². The zero-order valence-electron chi connectivity index (χ0n) is 11.4. The summed E-state index contributed by atoms with van der Waals surface area (Å²) in [6.45, 7) is 2.21. The molecule has 0 aliphatic rings. The first kappa shape index (κ1) is 15.3. The van der Waals surface area contributed by atoms with Crippen molar-refractivity contribution in [1.82, 2.24) is 0 Å². The van der Waals surface area contributed by atoms with E-state index in [2.05, 4.69) is 31.2 Å². The van der Waals surface area contributed by atoms with Gasteiger partial charge in [-0.15, -0.1) is 11.8 Å². The van der Waals surface area contributed by atoms with E-state index in [-0.39, 0.29) is 0 Å². The summed E-state index contributed by atoms with van der Waals surface area (Å²) in [4.78, 5) is 3.27. The molecule has 4 heteroatoms. The molecule has 1 aromatic carbocycles. The van der Waals surface area contributed by atoms with Gasteiger partial charge in [0.25, 0.3) is 0 Å². The molecule has 1 atom stereocenters. The molecule has 1 rings (SSSR count). The van der Waals surface area contributed by atoms with Gasteiger partial charge in [-0.1, -0.05) is 6.07 Å². The van der Waals surface area contributed by atoms with Gasteiger partial charge >= 0.3 is 0 Å². The van der Waals surface area contributed by atoms with E-state index in [1.54, 1.807) is 11.8 Å². The molecule has 0 fully saturated rings. The number of rotatable bonds is 6. The molecule has 0 saturated heterocycles. The summed E-state index contributed by atoms with van der Waals surface area (Å²) in [5, 5.41) is 9.34. The topological polar surface area (TPSA) is 27.0 Å². The van der Waals surface area contributed by atoms with Crippen LogP contribution in [-0.2, 0) is 0 Å². The Labute approximate surface area is 119 Å². The number of nitrogens with zero attached hydrogens (tertiary/aromatic N) is 2. The summed E-state index contributed by atoms with van der Waals surface area (Å²) < 4.78 is 0. The normalized spacial score (nSPS) is 11.9. The number of anilines is 1. The van der Waals surface area contributed by atoms with Crippen LogP contribution in [0.15, 0.2) is 23.1 Å². The quantitative estimate of drug-likeness (QED) is 0.739. The number of nitriles is 1. The number of benzene rings is 1. The van der Waals surface area contributed by atoms with Gasteiger partial charge in [-0.25, -0.2) is 0 Å². The molecule has 0 N–H and O–H groups in total. The number of hydrogen-bond acceptors (Lipinski definition) is 4. The van der Waals surface area contributed by atoms with Gasteiger partial charge in [-0.3, -0.25) is 0 Å². The third-order valence-electron chi connectivity index (χ3n) is 3.12. The van der Waals surface area contributed by atoms with Crippen LogP contribution >= 0.6 is 23.5 Å². The van der Waals surface area contributed by atoms with Crippen LogP contribution in [0.25, 0.3) is 0 Å². The van der Waals surface area contributed by atoms with Gasteiger partial charge in [0.2, 0.25) is 0 Å². The molecular weight excluding hydrogens is 260 g/mol. The van der Waals surface area contributed by atoms with Crippen molar-refractivity contribution >= 4 is 29.2 Å². The molecule has 98 valence electrons. The minimum atomic E-state index is 0.446. The summed E-state index contributed by atoms with van der Waals surface area (Å²) >= 11 is 3.49. The van der Waals surface area contributed by atoms with Crippen molar-refractivity contribution < 1.29 is 0 Å². The smallest absolute Gasteiger partial charge is 0.103 e. The second-order valence-corrected chi connectivity index (χ2v) is 6.04. The molecule has 0 aromatic heterocycles. The first-order chi connectivity index (χ1) is 8.65. The van der Waals surface area contributed by atoms with Crippen molar-refractivity contribution in [2.75, 3.05) is 30.2 Å². The van der Waals surface area contributed by atoms with Crippen LogP contribution in [0.1, 0.15) is 18.9 Å². The van der Waals surface area contributed by atoms with Crippen LogP contribution in [0.3, 0.4) is 0 Å². The highest BCUT2D eigenvalue weighted by atomic mass is 32.2. The molecule has 0 aliphatic heterocycles. The Bertz CT molecular complexity index is 426. The summed E-state index contributed by atoms with van der Waals surface area (Å²) in [5.74, 6) is 1.15. The van der Waals surface area contributed by atoms with Crippen LogP contribution in [0.5, 0.6) is 0 Å². The monoisotopic (exact) mass is 280 g/mol. The second kappa shape index (κ2) is 7.60. The summed E-state index contributed by atoms with van der Waals surface area (Å²) in [6.07, 6.45) is 5.27. The minimum Gasteiger partial charge on any atom is -0.371 e. The Kier molecular flexibility index (Phi) is 6.45. The van der Waals surface area contributed by atoms with Gasteiger partial charge in [-0.2, -0.15) is 17.0 Å². The van der Waals surface area contributed by atoms with E-state index in [1.807, 2.05) is 36.2 Å². The lowest BCUT2D eigenvalue weighted by molar-refractivity contribution is 0.668. The van der Waals surface area contributed by atoms with E-state index in [0.29, 0.717) is 6.04 Å². The maximum Gasteiger partial charge on any atom is 0.103 e. The highest BCUT2D eigenvalue weighted by molar-refractivity contribution is 7.98. The van der Waals surface area contributed by atoms with Crippen LogP contribution in [0.4, 0.5) is 5.69 Å². The molecule has 18 heavy (non-hydrogen) atoms. The Morgan fingerprint density at radius 1 is 1.39 bits per heavy atom. The van der Waals surface area contributed by atoms with Gasteiger partial charge < -0.3 is 4.90 Å². The van der Waals surface area contributed by atoms with Crippen molar-refractivity contribution in [1.29, 1.82) is 5.26 Å². The van der Waals surface area contributed by atoms with E-state index in [0.717, 1.165) is 28.3 Å². The highest BCUT2D eigenvalue weighted by Gasteiger charge is 2.15. The molecule has 0 amide bonds. The van der Waals surface area contributed by atoms with Gasteiger partial charge in [0, 0.05) is 18.0 Å². The predicted octanol–water partition coefficient (Wildman–Crippen LogP) is 3.86. The van der Waals surface area contributed by atoms with Gasteiger partial charge in [-0.05, 0) is 43.7 Å². The average molecular weight is 280 g/mol. The zero-order valence-corrected chi connectivity index (χ0v) is 13.1. The number of hydrogen-bond donors (Lipinski definition) is 0. The van der Waals surface area contributed by atoms with Crippen molar-refractivity contribution in [2.45, 2.75) is 24.3 Å². The van der Waals surface area contributed by atoms with Crippen molar-refractivity contribution in [2.24, 2.45) is 0 Å². The Morgan fingerprint density at radius 3 is 2.67 bits per heavy atom. The van der Waals surface area contributed by atoms with Crippen LogP contribution in [0.2, 0.25) is 0 Å². The first-order valence-corrected chi connectivity index (χ1v) is 8.56. The fraction of sp³-hybridized carbons (Fsp3) is 0.500. The fourth-order valence-electron chi connectivity index (χ4n) is 1.82. The van der Waals surface area contributed by atoms with E-state index in [9.17, 15) is 5.26 Å². The maximum absolute atomic E-state index is 9.34. The first-order valence-electron chi connectivity index (χ1n) is 5.94. The Hall–Kier alpha value is -0.790. The standard InChI is InChI=1S/C14H20N2S2/c1-11(8-9-17-3)16(2)13-6-5-7-14(18-4)12(13)10-15/h5-7,11H,8-9H2,1-4H3. The molecule has 0 spiro atoms. The minimum absolute atomic E-state index is 0.446. The van der Waals surface area contributed by atoms with Crippen molar-refractivity contribution in [3.05, 3.63) is 23.8 Å². The molecule has 2 nitrogen and oxygen atoms in total. The lowest BCUT2D eigenvalue weighted by Gasteiger charge is -2.28. The van der Waals surface area contributed by atoms with Crippen LogP contribution < -0.4 is 4.90 Å². The van der Waals surface area contributed by atoms with Crippen LogP contribution in [0, 0.1) is 11.3 Å². The summed E-state index contributed by atoms with van der Waals surface area (Å²) in [7, 11) is 2.07. The third kappa shape index (κ3) is 3.60. The Balaban J connectivity index is 2.98. The zero-order chi connectivity index (χ0) is 13.5. The predicted molar refractivity (Wildman–Crippen MR) is 83.8 cm³/mol. The fourth-order valence-corrected chi connectivity index (χ4v) is 2.96. The third-order valence-corrected chi connectivity index (χ3v) is 4.54. The van der Waals surface area contributed by atoms with E-state index in [4.69, 9.17) is 0 Å². The maximum atomic E-state index is 9.34. The molecule has 1 aromatic rings. The highest BCUT2D eigenvalue weighted by Crippen LogP contribution is 2.29. The van der Waals surface area contributed by atoms with E-state index in [1.165, 1.54) is 0 Å². The average Bonchev–Trinajstić information content (AvgIpc) is 2.42. The van der Waals surface area contributed by atoms with Gasteiger partial charge in [0.1, 0.15) is 6.07 Å². The van der Waals surface area contributed by atoms with Gasteiger partial charge in [0.15, 0.2) is 0 Å². The molecule has 0 radical (unpaired) electrons. The lowest BCUT2D eigenvalue weighted by Crippen LogP contribution is -2.30. The lowest BCUT2D eigenvalue weighted by atomic mass is 10.1. The number of thioether (sulfide) groups is 2. The SMILES string of the molecule is CSCCC(C)N(C)c1cccc(SC)c1C#N. The Morgan fingerprint density at radius 2 is 2.11 bits per heavy atom.